The molecule has 5 nitrogen and oxygen atoms in total. The summed E-state index contributed by atoms with van der Waals surface area (Å²) in [6.07, 6.45) is 3.11. The van der Waals surface area contributed by atoms with Gasteiger partial charge in [-0.15, -0.1) is 0 Å². The summed E-state index contributed by atoms with van der Waals surface area (Å²) in [6.45, 7) is 0.691. The normalized spacial score (nSPS) is 17.1. The van der Waals surface area contributed by atoms with Crippen LogP contribution in [0.4, 0.5) is 0 Å². The monoisotopic (exact) mass is 381 g/mol. The SMILES string of the molecule is O=C(Cc1ccccc1Cl)N1CCCC[C@H]1c1nc(-c2ccccc2)no1. The lowest BCUT2D eigenvalue weighted by Gasteiger charge is -2.33. The summed E-state index contributed by atoms with van der Waals surface area (Å²) in [4.78, 5) is 19.4. The highest BCUT2D eigenvalue weighted by Crippen LogP contribution is 2.32. The number of carbonyl (C=O) groups excluding carboxylic acids is 1. The van der Waals surface area contributed by atoms with Crippen molar-refractivity contribution in [1.29, 1.82) is 0 Å². The second kappa shape index (κ2) is 7.92. The van der Waals surface area contributed by atoms with Crippen molar-refractivity contribution in [2.75, 3.05) is 6.54 Å². The van der Waals surface area contributed by atoms with Gasteiger partial charge in [-0.3, -0.25) is 4.79 Å². The molecule has 1 saturated heterocycles. The highest BCUT2D eigenvalue weighted by atomic mass is 35.5. The molecule has 0 spiro atoms. The number of hydrogen-bond acceptors (Lipinski definition) is 4. The summed E-state index contributed by atoms with van der Waals surface area (Å²) in [5, 5.41) is 4.72. The first kappa shape index (κ1) is 17.7. The Hall–Kier alpha value is -2.66. The summed E-state index contributed by atoms with van der Waals surface area (Å²) < 4.78 is 5.53. The minimum atomic E-state index is -0.182. The molecule has 6 heteroatoms. The minimum absolute atomic E-state index is 0.0345. The molecule has 1 atom stereocenters. The van der Waals surface area contributed by atoms with E-state index in [1.54, 1.807) is 0 Å². The maximum atomic E-state index is 13.0. The van der Waals surface area contributed by atoms with Crippen LogP contribution < -0.4 is 0 Å². The number of aromatic nitrogens is 2. The van der Waals surface area contributed by atoms with E-state index in [9.17, 15) is 4.79 Å². The molecular formula is C21H20ClN3O2. The molecule has 1 aliphatic rings. The fourth-order valence-electron chi connectivity index (χ4n) is 3.47. The van der Waals surface area contributed by atoms with Crippen LogP contribution in [0.25, 0.3) is 11.4 Å². The van der Waals surface area contributed by atoms with Gasteiger partial charge in [0.25, 0.3) is 0 Å². The van der Waals surface area contributed by atoms with Gasteiger partial charge in [0.05, 0.1) is 6.42 Å². The number of rotatable bonds is 4. The van der Waals surface area contributed by atoms with E-state index in [1.165, 1.54) is 0 Å². The standard InChI is InChI=1S/C21H20ClN3O2/c22-17-11-5-4-10-16(17)14-19(26)25-13-7-6-12-18(25)21-23-20(24-27-21)15-8-2-1-3-9-15/h1-5,8-11,18H,6-7,12-14H2/t18-/m0/s1. The topological polar surface area (TPSA) is 59.2 Å². The zero-order chi connectivity index (χ0) is 18.6. The summed E-state index contributed by atoms with van der Waals surface area (Å²) in [5.74, 6) is 1.09. The average Bonchev–Trinajstić information content (AvgIpc) is 3.20. The van der Waals surface area contributed by atoms with Crippen molar-refractivity contribution in [2.45, 2.75) is 31.7 Å². The molecule has 0 bridgehead atoms. The molecular weight excluding hydrogens is 362 g/mol. The van der Waals surface area contributed by atoms with Gasteiger partial charge in [0.1, 0.15) is 6.04 Å². The Kier molecular flexibility index (Phi) is 5.21. The van der Waals surface area contributed by atoms with Gasteiger partial charge in [0.2, 0.25) is 17.6 Å². The second-order valence-corrected chi connectivity index (χ2v) is 7.10. The third-order valence-electron chi connectivity index (χ3n) is 4.88. The van der Waals surface area contributed by atoms with Gasteiger partial charge in [-0.05, 0) is 30.9 Å². The Labute approximate surface area is 163 Å². The zero-order valence-electron chi connectivity index (χ0n) is 14.8. The lowest BCUT2D eigenvalue weighted by Crippen LogP contribution is -2.39. The third-order valence-corrected chi connectivity index (χ3v) is 5.25. The molecule has 1 amide bonds. The molecule has 1 fully saturated rings. The number of piperidine rings is 1. The van der Waals surface area contributed by atoms with E-state index in [0.717, 1.165) is 30.4 Å². The maximum absolute atomic E-state index is 13.0. The molecule has 138 valence electrons. The lowest BCUT2D eigenvalue weighted by atomic mass is 10.0. The molecule has 0 unspecified atom stereocenters. The van der Waals surface area contributed by atoms with E-state index in [-0.39, 0.29) is 18.4 Å². The van der Waals surface area contributed by atoms with Crippen molar-refractivity contribution in [3.05, 3.63) is 71.1 Å². The van der Waals surface area contributed by atoms with Crippen LogP contribution in [0, 0.1) is 0 Å². The molecule has 1 aliphatic heterocycles. The largest absolute Gasteiger partial charge is 0.337 e. The van der Waals surface area contributed by atoms with E-state index in [2.05, 4.69) is 10.1 Å². The van der Waals surface area contributed by atoms with Crippen LogP contribution in [0.5, 0.6) is 0 Å². The van der Waals surface area contributed by atoms with Crippen molar-refractivity contribution in [3.63, 3.8) is 0 Å². The smallest absolute Gasteiger partial charge is 0.249 e. The summed E-state index contributed by atoms with van der Waals surface area (Å²) in [7, 11) is 0. The van der Waals surface area contributed by atoms with Gasteiger partial charge in [0.15, 0.2) is 0 Å². The van der Waals surface area contributed by atoms with Crippen molar-refractivity contribution >= 4 is 17.5 Å². The van der Waals surface area contributed by atoms with E-state index < -0.39 is 0 Å². The lowest BCUT2D eigenvalue weighted by molar-refractivity contribution is -0.135. The Morgan fingerprint density at radius 3 is 2.70 bits per heavy atom. The predicted octanol–water partition coefficient (Wildman–Crippen LogP) is 4.69. The molecule has 27 heavy (non-hydrogen) atoms. The zero-order valence-corrected chi connectivity index (χ0v) is 15.6. The summed E-state index contributed by atoms with van der Waals surface area (Å²) >= 11 is 6.22. The molecule has 0 N–H and O–H groups in total. The van der Waals surface area contributed by atoms with E-state index in [1.807, 2.05) is 59.5 Å². The first-order chi connectivity index (χ1) is 13.2. The molecule has 2 heterocycles. The average molecular weight is 382 g/mol. The molecule has 0 saturated carbocycles. The highest BCUT2D eigenvalue weighted by Gasteiger charge is 2.32. The fraction of sp³-hybridized carbons (Fsp3) is 0.286. The van der Waals surface area contributed by atoms with Gasteiger partial charge in [0, 0.05) is 17.1 Å². The van der Waals surface area contributed by atoms with Crippen LogP contribution in [0.15, 0.2) is 59.1 Å². The Morgan fingerprint density at radius 2 is 1.89 bits per heavy atom. The predicted molar refractivity (Wildman–Crippen MR) is 103 cm³/mol. The number of likely N-dealkylation sites (tertiary alicyclic amines) is 1. The minimum Gasteiger partial charge on any atom is -0.337 e. The van der Waals surface area contributed by atoms with Gasteiger partial charge >= 0.3 is 0 Å². The number of nitrogens with zero attached hydrogens (tertiary/aromatic N) is 3. The Morgan fingerprint density at radius 1 is 1.11 bits per heavy atom. The number of carbonyl (C=O) groups is 1. The van der Waals surface area contributed by atoms with Gasteiger partial charge in [-0.1, -0.05) is 65.3 Å². The molecule has 3 aromatic rings. The Balaban J connectivity index is 1.55. The van der Waals surface area contributed by atoms with Gasteiger partial charge in [-0.2, -0.15) is 4.98 Å². The van der Waals surface area contributed by atoms with Crippen LogP contribution in [0.1, 0.15) is 36.8 Å². The van der Waals surface area contributed by atoms with E-state index in [4.69, 9.17) is 16.1 Å². The van der Waals surface area contributed by atoms with Crippen molar-refractivity contribution in [2.24, 2.45) is 0 Å². The molecule has 1 aromatic heterocycles. The number of hydrogen-bond donors (Lipinski definition) is 0. The first-order valence-electron chi connectivity index (χ1n) is 9.14. The third kappa shape index (κ3) is 3.88. The molecule has 2 aromatic carbocycles. The van der Waals surface area contributed by atoms with Gasteiger partial charge < -0.3 is 9.42 Å². The summed E-state index contributed by atoms with van der Waals surface area (Å²) in [5.41, 5.74) is 1.74. The quantitative estimate of drug-likeness (QED) is 0.658. The van der Waals surface area contributed by atoms with Gasteiger partial charge in [-0.25, -0.2) is 0 Å². The second-order valence-electron chi connectivity index (χ2n) is 6.69. The number of halogens is 1. The van der Waals surface area contributed by atoms with E-state index >= 15 is 0 Å². The van der Waals surface area contributed by atoms with Crippen molar-refractivity contribution in [1.82, 2.24) is 15.0 Å². The molecule has 0 radical (unpaired) electrons. The van der Waals surface area contributed by atoms with Crippen molar-refractivity contribution < 1.29 is 9.32 Å². The number of benzene rings is 2. The number of amides is 1. The van der Waals surface area contributed by atoms with Crippen LogP contribution in [0.2, 0.25) is 5.02 Å². The van der Waals surface area contributed by atoms with Crippen LogP contribution in [-0.4, -0.2) is 27.5 Å². The first-order valence-corrected chi connectivity index (χ1v) is 9.52. The van der Waals surface area contributed by atoms with E-state index in [0.29, 0.717) is 23.3 Å². The van der Waals surface area contributed by atoms with Crippen LogP contribution in [0.3, 0.4) is 0 Å². The molecule has 0 aliphatic carbocycles. The Bertz CT molecular complexity index is 926. The maximum Gasteiger partial charge on any atom is 0.249 e. The highest BCUT2D eigenvalue weighted by molar-refractivity contribution is 6.31. The van der Waals surface area contributed by atoms with Crippen LogP contribution >= 0.6 is 11.6 Å². The van der Waals surface area contributed by atoms with Crippen molar-refractivity contribution in [3.8, 4) is 11.4 Å². The molecule has 4 rings (SSSR count). The van der Waals surface area contributed by atoms with Crippen LogP contribution in [-0.2, 0) is 11.2 Å². The fourth-order valence-corrected chi connectivity index (χ4v) is 3.67. The summed E-state index contributed by atoms with van der Waals surface area (Å²) in [6, 6.07) is 17.0.